The molecule has 1 atom stereocenters. The van der Waals surface area contributed by atoms with Crippen LogP contribution in [0.3, 0.4) is 0 Å². The van der Waals surface area contributed by atoms with Crippen LogP contribution in [0.5, 0.6) is 5.75 Å². The van der Waals surface area contributed by atoms with Crippen molar-refractivity contribution in [2.45, 2.75) is 31.1 Å². The molecule has 42 heavy (non-hydrogen) atoms. The first-order valence-electron chi connectivity index (χ1n) is 14.0. The Bertz CT molecular complexity index is 1750. The zero-order valence-electron chi connectivity index (χ0n) is 23.0. The summed E-state index contributed by atoms with van der Waals surface area (Å²) >= 11 is 6.21. The lowest BCUT2D eigenvalue weighted by molar-refractivity contribution is 0.181. The number of nitrogens with zero attached hydrogens (tertiary/aromatic N) is 4. The maximum Gasteiger partial charge on any atom is 0.316 e. The summed E-state index contributed by atoms with van der Waals surface area (Å²) in [4.78, 5) is 15.9. The van der Waals surface area contributed by atoms with Crippen molar-refractivity contribution in [1.29, 1.82) is 0 Å². The van der Waals surface area contributed by atoms with E-state index in [1.807, 2.05) is 17.0 Å². The van der Waals surface area contributed by atoms with Crippen LogP contribution >= 0.6 is 11.6 Å². The van der Waals surface area contributed by atoms with Gasteiger partial charge >= 0.3 is 5.56 Å². The summed E-state index contributed by atoms with van der Waals surface area (Å²) in [6.07, 6.45) is 3.81. The number of ether oxygens (including phenoxy) is 1. The fourth-order valence-corrected chi connectivity index (χ4v) is 7.31. The number of rotatable bonds is 7. The van der Waals surface area contributed by atoms with Crippen LogP contribution in [0.4, 0.5) is 11.4 Å². The van der Waals surface area contributed by atoms with Crippen molar-refractivity contribution in [1.82, 2.24) is 14.1 Å². The first kappa shape index (κ1) is 28.3. The minimum atomic E-state index is -3.53. The van der Waals surface area contributed by atoms with Gasteiger partial charge in [-0.1, -0.05) is 54.1 Å². The average molecular weight is 606 g/mol. The van der Waals surface area contributed by atoms with Crippen molar-refractivity contribution in [2.75, 3.05) is 36.8 Å². The summed E-state index contributed by atoms with van der Waals surface area (Å²) in [5, 5.41) is 4.96. The lowest BCUT2D eigenvalue weighted by Crippen LogP contribution is -2.49. The third-order valence-corrected chi connectivity index (χ3v) is 9.94. The van der Waals surface area contributed by atoms with E-state index in [9.17, 15) is 13.2 Å². The number of nitrogen functional groups attached to an aromatic ring is 1. The fourth-order valence-electron chi connectivity index (χ4n) is 5.61. The zero-order valence-corrected chi connectivity index (χ0v) is 24.6. The van der Waals surface area contributed by atoms with E-state index < -0.39 is 10.0 Å². The highest BCUT2D eigenvalue weighted by molar-refractivity contribution is 7.88. The van der Waals surface area contributed by atoms with Crippen LogP contribution in [0.25, 0.3) is 5.69 Å². The Hall–Kier alpha value is -3.86. The van der Waals surface area contributed by atoms with Gasteiger partial charge in [-0.15, -0.1) is 0 Å². The number of halogens is 1. The first-order valence-corrected chi connectivity index (χ1v) is 15.9. The molecule has 2 N–H and O–H groups in total. The molecule has 0 spiro atoms. The highest BCUT2D eigenvalue weighted by atomic mass is 35.5. The molecule has 3 aromatic carbocycles. The van der Waals surface area contributed by atoms with Gasteiger partial charge in [-0.3, -0.25) is 4.79 Å². The second kappa shape index (κ2) is 11.8. The molecule has 11 heteroatoms. The van der Waals surface area contributed by atoms with Crippen LogP contribution in [0.15, 0.2) is 83.8 Å². The first-order chi connectivity index (χ1) is 20.3. The van der Waals surface area contributed by atoms with Crippen LogP contribution in [0.2, 0.25) is 5.02 Å². The van der Waals surface area contributed by atoms with Gasteiger partial charge in [-0.05, 0) is 59.9 Å². The van der Waals surface area contributed by atoms with Gasteiger partial charge in [0.25, 0.3) is 0 Å². The van der Waals surface area contributed by atoms with Gasteiger partial charge in [0.2, 0.25) is 15.8 Å². The molecular formula is C31H32ClN5O4S. The van der Waals surface area contributed by atoms with E-state index in [1.165, 1.54) is 20.1 Å². The smallest absolute Gasteiger partial charge is 0.316 e. The van der Waals surface area contributed by atoms with E-state index >= 15 is 0 Å². The number of piperazine rings is 1. The summed E-state index contributed by atoms with van der Waals surface area (Å²) in [6, 6.07) is 22.1. The maximum absolute atomic E-state index is 13.9. The van der Waals surface area contributed by atoms with Crippen molar-refractivity contribution >= 4 is 33.0 Å². The molecule has 1 aliphatic heterocycles. The maximum atomic E-state index is 13.9. The molecule has 1 aliphatic carbocycles. The molecule has 0 amide bonds. The van der Waals surface area contributed by atoms with Gasteiger partial charge < -0.3 is 15.4 Å². The molecule has 1 fully saturated rings. The number of nitrogens with two attached hydrogens (primary N) is 1. The topological polar surface area (TPSA) is 111 Å². The Kier molecular flexibility index (Phi) is 7.94. The van der Waals surface area contributed by atoms with Crippen molar-refractivity contribution in [3.63, 3.8) is 0 Å². The van der Waals surface area contributed by atoms with Gasteiger partial charge in [0.1, 0.15) is 11.8 Å². The van der Waals surface area contributed by atoms with Crippen molar-refractivity contribution < 1.29 is 13.2 Å². The Morgan fingerprint density at radius 2 is 1.69 bits per heavy atom. The molecule has 2 aliphatic rings. The van der Waals surface area contributed by atoms with Crippen molar-refractivity contribution in [3.8, 4) is 11.4 Å². The van der Waals surface area contributed by atoms with E-state index in [4.69, 9.17) is 22.1 Å². The molecule has 218 valence electrons. The number of sulfonamides is 1. The largest absolute Gasteiger partial charge is 0.483 e. The van der Waals surface area contributed by atoms with Gasteiger partial charge in [0.05, 0.1) is 17.6 Å². The number of aryl methyl sites for hydroxylation is 1. The molecule has 4 aromatic rings. The highest BCUT2D eigenvalue weighted by Crippen LogP contribution is 2.31. The van der Waals surface area contributed by atoms with Gasteiger partial charge in [0.15, 0.2) is 0 Å². The molecular weight excluding hydrogens is 574 g/mol. The monoisotopic (exact) mass is 605 g/mol. The minimum absolute atomic E-state index is 0.0952. The van der Waals surface area contributed by atoms with Crippen LogP contribution in [-0.2, 0) is 28.6 Å². The Labute approximate surface area is 250 Å². The molecule has 1 unspecified atom stereocenters. The lowest BCUT2D eigenvalue weighted by Gasteiger charge is -2.36. The molecule has 9 nitrogen and oxygen atoms in total. The number of aromatic nitrogens is 2. The summed E-state index contributed by atoms with van der Waals surface area (Å²) in [5.74, 6) is 0.120. The number of hydrogen-bond donors (Lipinski definition) is 1. The number of benzene rings is 3. The molecule has 1 aromatic heterocycles. The summed E-state index contributed by atoms with van der Waals surface area (Å²) < 4.78 is 35.7. The second-order valence-corrected chi connectivity index (χ2v) is 13.1. The highest BCUT2D eigenvalue weighted by Gasteiger charge is 2.31. The van der Waals surface area contributed by atoms with E-state index in [2.05, 4.69) is 17.2 Å². The number of fused-ring (bicyclic) bond motifs is 1. The molecule has 6 rings (SSSR count). The van der Waals surface area contributed by atoms with E-state index in [0.717, 1.165) is 12.8 Å². The third-order valence-electron chi connectivity index (χ3n) is 7.86. The molecule has 1 saturated heterocycles. The van der Waals surface area contributed by atoms with Crippen LogP contribution in [-0.4, -0.2) is 54.8 Å². The van der Waals surface area contributed by atoms with Gasteiger partial charge in [-0.2, -0.15) is 14.1 Å². The predicted molar refractivity (Wildman–Crippen MR) is 165 cm³/mol. The van der Waals surface area contributed by atoms with Crippen LogP contribution in [0.1, 0.15) is 23.1 Å². The fraction of sp³-hybridized carbons (Fsp3) is 0.290. The Balaban J connectivity index is 1.26. The van der Waals surface area contributed by atoms with Gasteiger partial charge in [-0.25, -0.2) is 8.42 Å². The lowest BCUT2D eigenvalue weighted by atomic mass is 9.90. The standard InChI is InChI=1S/C31H32ClN5O4S/c32-25-6-3-7-27(19-25)37-31(38)30(41-28-13-10-23-4-1-2-5-24(23)18-28)29(20-34-37)35-14-16-36(17-15-35)42(39,40)21-22-8-11-26(33)12-9-22/h1-9,11-12,19-20,28H,10,13-18,21,33H2. The van der Waals surface area contributed by atoms with Crippen LogP contribution < -0.4 is 20.9 Å². The molecule has 0 radical (unpaired) electrons. The Morgan fingerprint density at radius 3 is 2.43 bits per heavy atom. The summed E-state index contributed by atoms with van der Waals surface area (Å²) in [5.41, 5.74) is 10.3. The number of anilines is 2. The normalized spacial score (nSPS) is 17.5. The quantitative estimate of drug-likeness (QED) is 0.316. The van der Waals surface area contributed by atoms with Crippen molar-refractivity contribution in [2.24, 2.45) is 0 Å². The Morgan fingerprint density at radius 1 is 0.952 bits per heavy atom. The third kappa shape index (κ3) is 6.01. The molecule has 2 heterocycles. The predicted octanol–water partition coefficient (Wildman–Crippen LogP) is 4.06. The summed E-state index contributed by atoms with van der Waals surface area (Å²) in [6.45, 7) is 1.36. The van der Waals surface area contributed by atoms with Crippen LogP contribution in [0, 0.1) is 0 Å². The van der Waals surface area contributed by atoms with E-state index in [-0.39, 0.29) is 36.3 Å². The van der Waals surface area contributed by atoms with E-state index in [0.29, 0.717) is 47.2 Å². The second-order valence-electron chi connectivity index (χ2n) is 10.7. The molecule has 0 bridgehead atoms. The van der Waals surface area contributed by atoms with E-state index in [1.54, 1.807) is 54.7 Å². The SMILES string of the molecule is Nc1ccc(CS(=O)(=O)N2CCN(c3cnn(-c4cccc(Cl)c4)c(=O)c3OC3CCc4ccccc4C3)CC2)cc1. The molecule has 0 saturated carbocycles. The average Bonchev–Trinajstić information content (AvgIpc) is 2.99. The minimum Gasteiger partial charge on any atom is -0.483 e. The zero-order chi connectivity index (χ0) is 29.3. The van der Waals surface area contributed by atoms with Gasteiger partial charge in [0, 0.05) is 43.3 Å². The summed E-state index contributed by atoms with van der Waals surface area (Å²) in [7, 11) is -3.53. The van der Waals surface area contributed by atoms with Crippen molar-refractivity contribution in [3.05, 3.63) is 111 Å². The number of hydrogen-bond acceptors (Lipinski definition) is 7.